The van der Waals surface area contributed by atoms with Gasteiger partial charge in [-0.25, -0.2) is 5.90 Å². The molecule has 92 valence electrons. The van der Waals surface area contributed by atoms with E-state index in [1.165, 1.54) is 0 Å². The van der Waals surface area contributed by atoms with E-state index in [0.29, 0.717) is 19.7 Å². The van der Waals surface area contributed by atoms with E-state index in [-0.39, 0.29) is 5.91 Å². The molecule has 0 bridgehead atoms. The lowest BCUT2D eigenvalue weighted by Crippen LogP contribution is -2.48. The van der Waals surface area contributed by atoms with Crippen LogP contribution in [0.3, 0.4) is 0 Å². The van der Waals surface area contributed by atoms with E-state index < -0.39 is 0 Å². The highest BCUT2D eigenvalue weighted by Gasteiger charge is 2.18. The smallest absolute Gasteiger partial charge is 0.239 e. The van der Waals surface area contributed by atoms with Crippen molar-refractivity contribution >= 4 is 11.6 Å². The molecule has 1 heterocycles. The molecule has 0 radical (unpaired) electrons. The van der Waals surface area contributed by atoms with Gasteiger partial charge in [-0.1, -0.05) is 18.2 Å². The van der Waals surface area contributed by atoms with Gasteiger partial charge < -0.3 is 15.1 Å². The topological polar surface area (TPSA) is 67.6 Å². The Morgan fingerprint density at radius 1 is 1.41 bits per heavy atom. The zero-order valence-electron chi connectivity index (χ0n) is 9.69. The number of hydrogen-bond acceptors (Lipinski definition) is 4. The summed E-state index contributed by atoms with van der Waals surface area (Å²) in [7, 11) is 0. The SMILES string of the molecule is NOCCc1ccccc1N1CCNC(=O)C1. The number of nitrogens with zero attached hydrogens (tertiary/aromatic N) is 1. The van der Waals surface area contributed by atoms with Gasteiger partial charge in [0.05, 0.1) is 13.2 Å². The van der Waals surface area contributed by atoms with Crippen molar-refractivity contribution in [2.24, 2.45) is 5.90 Å². The van der Waals surface area contributed by atoms with Crippen LogP contribution in [0.1, 0.15) is 5.56 Å². The summed E-state index contributed by atoms with van der Waals surface area (Å²) in [4.78, 5) is 18.1. The number of anilines is 1. The molecule has 0 aromatic heterocycles. The lowest BCUT2D eigenvalue weighted by Gasteiger charge is -2.30. The van der Waals surface area contributed by atoms with Crippen LogP contribution in [0.4, 0.5) is 5.69 Å². The number of nitrogens with one attached hydrogen (secondary N) is 1. The van der Waals surface area contributed by atoms with E-state index >= 15 is 0 Å². The van der Waals surface area contributed by atoms with Crippen LogP contribution >= 0.6 is 0 Å². The Kier molecular flexibility index (Phi) is 3.95. The number of rotatable bonds is 4. The van der Waals surface area contributed by atoms with Crippen LogP contribution in [0, 0.1) is 0 Å². The second kappa shape index (κ2) is 5.65. The maximum absolute atomic E-state index is 11.4. The highest BCUT2D eigenvalue weighted by Crippen LogP contribution is 2.21. The fourth-order valence-electron chi connectivity index (χ4n) is 2.04. The minimum Gasteiger partial charge on any atom is -0.360 e. The second-order valence-corrected chi connectivity index (χ2v) is 4.02. The molecule has 0 aliphatic carbocycles. The molecule has 0 saturated carbocycles. The summed E-state index contributed by atoms with van der Waals surface area (Å²) in [5.41, 5.74) is 2.26. The highest BCUT2D eigenvalue weighted by molar-refractivity contribution is 5.83. The fraction of sp³-hybridized carbons (Fsp3) is 0.417. The van der Waals surface area contributed by atoms with Gasteiger partial charge in [0.2, 0.25) is 5.91 Å². The standard InChI is InChI=1S/C12H17N3O2/c13-17-8-5-10-3-1-2-4-11(10)15-7-6-14-12(16)9-15/h1-4H,5-9,13H2,(H,14,16). The molecule has 1 aromatic carbocycles. The average Bonchev–Trinajstić information content (AvgIpc) is 2.37. The molecule has 0 atom stereocenters. The summed E-state index contributed by atoms with van der Waals surface area (Å²) in [5.74, 6) is 5.12. The zero-order valence-corrected chi connectivity index (χ0v) is 9.69. The largest absolute Gasteiger partial charge is 0.360 e. The number of benzene rings is 1. The number of amides is 1. The second-order valence-electron chi connectivity index (χ2n) is 4.02. The van der Waals surface area contributed by atoms with Gasteiger partial charge in [0, 0.05) is 18.8 Å². The number of carbonyl (C=O) groups excluding carboxylic acids is 1. The molecular weight excluding hydrogens is 218 g/mol. The number of carbonyl (C=O) groups is 1. The van der Waals surface area contributed by atoms with E-state index in [0.717, 1.165) is 24.2 Å². The molecule has 2 rings (SSSR count). The Balaban J connectivity index is 2.15. The molecule has 3 N–H and O–H groups in total. The maximum Gasteiger partial charge on any atom is 0.239 e. The molecule has 1 amide bonds. The summed E-state index contributed by atoms with van der Waals surface area (Å²) in [6.07, 6.45) is 0.755. The first-order valence-corrected chi connectivity index (χ1v) is 5.72. The van der Waals surface area contributed by atoms with Crippen LogP contribution in [-0.4, -0.2) is 32.1 Å². The number of piperazine rings is 1. The van der Waals surface area contributed by atoms with Crippen molar-refractivity contribution in [3.63, 3.8) is 0 Å². The Labute approximate surface area is 100 Å². The number of para-hydroxylation sites is 1. The van der Waals surface area contributed by atoms with Crippen LogP contribution in [0.5, 0.6) is 0 Å². The van der Waals surface area contributed by atoms with E-state index in [9.17, 15) is 4.79 Å². The predicted octanol–water partition coefficient (Wildman–Crippen LogP) is 0.0556. The number of nitrogens with two attached hydrogens (primary N) is 1. The number of hydrogen-bond donors (Lipinski definition) is 2. The predicted molar refractivity (Wildman–Crippen MR) is 65.5 cm³/mol. The van der Waals surface area contributed by atoms with Crippen LogP contribution in [0.15, 0.2) is 24.3 Å². The van der Waals surface area contributed by atoms with Gasteiger partial charge in [-0.3, -0.25) is 4.79 Å². The van der Waals surface area contributed by atoms with Gasteiger partial charge in [0.1, 0.15) is 0 Å². The van der Waals surface area contributed by atoms with E-state index in [2.05, 4.69) is 15.1 Å². The highest BCUT2D eigenvalue weighted by atomic mass is 16.6. The first-order chi connectivity index (χ1) is 8.31. The molecule has 5 nitrogen and oxygen atoms in total. The molecule has 1 fully saturated rings. The Bertz CT molecular complexity index is 395. The van der Waals surface area contributed by atoms with Gasteiger partial charge in [-0.2, -0.15) is 0 Å². The van der Waals surface area contributed by atoms with Crippen molar-refractivity contribution in [1.82, 2.24) is 5.32 Å². The summed E-state index contributed by atoms with van der Waals surface area (Å²) in [6.45, 7) is 2.43. The quantitative estimate of drug-likeness (QED) is 0.724. The summed E-state index contributed by atoms with van der Waals surface area (Å²) in [5, 5.41) is 2.82. The molecule has 1 aliphatic heterocycles. The lowest BCUT2D eigenvalue weighted by molar-refractivity contribution is -0.120. The Hall–Kier alpha value is -1.59. The van der Waals surface area contributed by atoms with Crippen LogP contribution in [0.25, 0.3) is 0 Å². The molecule has 0 spiro atoms. The van der Waals surface area contributed by atoms with E-state index in [1.807, 2.05) is 24.3 Å². The fourth-order valence-corrected chi connectivity index (χ4v) is 2.04. The third-order valence-electron chi connectivity index (χ3n) is 2.86. The maximum atomic E-state index is 11.4. The third kappa shape index (κ3) is 2.95. The summed E-state index contributed by atoms with van der Waals surface area (Å²) < 4.78 is 0. The van der Waals surface area contributed by atoms with Crippen LogP contribution in [-0.2, 0) is 16.1 Å². The molecule has 1 aliphatic rings. The molecule has 1 aromatic rings. The van der Waals surface area contributed by atoms with Gasteiger partial charge in [0.15, 0.2) is 0 Å². The Morgan fingerprint density at radius 3 is 3.00 bits per heavy atom. The minimum absolute atomic E-state index is 0.0705. The normalized spacial score (nSPS) is 15.8. The average molecular weight is 235 g/mol. The first-order valence-electron chi connectivity index (χ1n) is 5.72. The third-order valence-corrected chi connectivity index (χ3v) is 2.86. The van der Waals surface area contributed by atoms with Gasteiger partial charge in [-0.15, -0.1) is 0 Å². The van der Waals surface area contributed by atoms with Crippen molar-refractivity contribution in [2.75, 3.05) is 31.1 Å². The van der Waals surface area contributed by atoms with Crippen LogP contribution < -0.4 is 16.1 Å². The van der Waals surface area contributed by atoms with E-state index in [4.69, 9.17) is 5.90 Å². The lowest BCUT2D eigenvalue weighted by atomic mass is 10.1. The van der Waals surface area contributed by atoms with Crippen molar-refractivity contribution in [2.45, 2.75) is 6.42 Å². The van der Waals surface area contributed by atoms with Gasteiger partial charge in [-0.05, 0) is 18.1 Å². The van der Waals surface area contributed by atoms with Gasteiger partial charge >= 0.3 is 0 Å². The first kappa shape index (κ1) is 11.9. The van der Waals surface area contributed by atoms with Crippen LogP contribution in [0.2, 0.25) is 0 Å². The van der Waals surface area contributed by atoms with Crippen molar-refractivity contribution in [1.29, 1.82) is 0 Å². The van der Waals surface area contributed by atoms with E-state index in [1.54, 1.807) is 0 Å². The molecule has 0 unspecified atom stereocenters. The molecular formula is C12H17N3O2. The van der Waals surface area contributed by atoms with Gasteiger partial charge in [0.25, 0.3) is 0 Å². The zero-order chi connectivity index (χ0) is 12.1. The Morgan fingerprint density at radius 2 is 2.24 bits per heavy atom. The summed E-state index contributed by atoms with van der Waals surface area (Å²) >= 11 is 0. The van der Waals surface area contributed by atoms with Crippen molar-refractivity contribution in [3.05, 3.63) is 29.8 Å². The monoisotopic (exact) mass is 235 g/mol. The summed E-state index contributed by atoms with van der Waals surface area (Å²) in [6, 6.07) is 8.04. The molecule has 17 heavy (non-hydrogen) atoms. The van der Waals surface area contributed by atoms with Crippen molar-refractivity contribution < 1.29 is 9.63 Å². The molecule has 1 saturated heterocycles. The van der Waals surface area contributed by atoms with Crippen molar-refractivity contribution in [3.8, 4) is 0 Å². The molecule has 5 heteroatoms. The minimum atomic E-state index is 0.0705.